The lowest BCUT2D eigenvalue weighted by Gasteiger charge is -2.02. The Bertz CT molecular complexity index is 401. The van der Waals surface area contributed by atoms with Crippen molar-refractivity contribution in [3.05, 3.63) is 39.1 Å². The van der Waals surface area contributed by atoms with E-state index >= 15 is 0 Å². The molecule has 68 valence electrons. The maximum atomic E-state index is 11.2. The van der Waals surface area contributed by atoms with Gasteiger partial charge in [-0.15, -0.1) is 0 Å². The van der Waals surface area contributed by atoms with E-state index in [1.165, 1.54) is 7.11 Å². The molecule has 1 rings (SSSR count). The minimum absolute atomic E-state index is 0.118. The zero-order valence-corrected chi connectivity index (χ0v) is 7.55. The fraction of sp³-hybridized carbons (Fsp3) is 0.333. The summed E-state index contributed by atoms with van der Waals surface area (Å²) in [6.45, 7) is 8.89. The average molecular weight is 178 g/mol. The largest absolute Gasteiger partial charge is 0.381 e. The third kappa shape index (κ3) is 1.95. The van der Waals surface area contributed by atoms with Gasteiger partial charge in [0, 0.05) is 12.8 Å². The fourth-order valence-electron chi connectivity index (χ4n) is 1.14. The summed E-state index contributed by atoms with van der Waals surface area (Å²) in [5.74, 6) is 0. The molecule has 0 saturated heterocycles. The number of aryl methyl sites for hydroxylation is 1. The Morgan fingerprint density at radius 2 is 2.38 bits per heavy atom. The molecule has 0 aromatic carbocycles. The quantitative estimate of drug-likeness (QED) is 0.695. The topological polar surface area (TPSA) is 46.5 Å². The summed E-state index contributed by atoms with van der Waals surface area (Å²) in [5, 5.41) is 0. The number of nitrogens with zero attached hydrogens (tertiary/aromatic N) is 1. The van der Waals surface area contributed by atoms with E-state index in [1.807, 2.05) is 0 Å². The molecule has 0 atom stereocenters. The minimum Gasteiger partial charge on any atom is -0.381 e. The molecule has 0 unspecified atom stereocenters. The summed E-state index contributed by atoms with van der Waals surface area (Å²) in [6.07, 6.45) is 0. The second-order valence-electron chi connectivity index (χ2n) is 2.70. The van der Waals surface area contributed by atoms with Gasteiger partial charge in [0.25, 0.3) is 11.2 Å². The fourth-order valence-corrected chi connectivity index (χ4v) is 1.14. The predicted octanol–water partition coefficient (Wildman–Crippen LogP) is 1.38. The molecule has 0 aliphatic rings. The molecule has 0 radical (unpaired) electrons. The number of ether oxygens (including phenoxy) is 1. The van der Waals surface area contributed by atoms with Crippen molar-refractivity contribution in [3.63, 3.8) is 0 Å². The average Bonchev–Trinajstić information content (AvgIpc) is 2.04. The van der Waals surface area contributed by atoms with E-state index in [2.05, 4.69) is 9.83 Å². The van der Waals surface area contributed by atoms with Crippen molar-refractivity contribution in [1.29, 1.82) is 0 Å². The number of pyridine rings is 1. The molecule has 1 heterocycles. The van der Waals surface area contributed by atoms with Gasteiger partial charge >= 0.3 is 0 Å². The van der Waals surface area contributed by atoms with Crippen LogP contribution in [0.2, 0.25) is 0 Å². The molecule has 0 bridgehead atoms. The van der Waals surface area contributed by atoms with Crippen molar-refractivity contribution >= 4 is 5.69 Å². The predicted molar refractivity (Wildman–Crippen MR) is 48.8 cm³/mol. The zero-order valence-electron chi connectivity index (χ0n) is 7.55. The summed E-state index contributed by atoms with van der Waals surface area (Å²) < 4.78 is 4.88. The first-order chi connectivity index (χ1) is 6.19. The van der Waals surface area contributed by atoms with Crippen molar-refractivity contribution in [2.75, 3.05) is 7.11 Å². The number of aromatic amines is 1. The molecular formula is C9H10N2O2. The van der Waals surface area contributed by atoms with Crippen LogP contribution < -0.4 is 5.56 Å². The normalized spacial score (nSPS) is 9.62. The van der Waals surface area contributed by atoms with E-state index in [0.717, 1.165) is 5.69 Å². The zero-order chi connectivity index (χ0) is 9.84. The highest BCUT2D eigenvalue weighted by atomic mass is 16.5. The Morgan fingerprint density at radius 3 is 2.92 bits per heavy atom. The first kappa shape index (κ1) is 9.49. The van der Waals surface area contributed by atoms with Crippen molar-refractivity contribution < 1.29 is 4.74 Å². The summed E-state index contributed by atoms with van der Waals surface area (Å²) in [7, 11) is 1.53. The molecule has 0 amide bonds. The highest BCUT2D eigenvalue weighted by Crippen LogP contribution is 2.14. The Morgan fingerprint density at radius 1 is 1.69 bits per heavy atom. The number of hydrogen-bond donors (Lipinski definition) is 1. The third-order valence-electron chi connectivity index (χ3n) is 1.63. The van der Waals surface area contributed by atoms with Crippen LogP contribution in [0.1, 0.15) is 11.3 Å². The summed E-state index contributed by atoms with van der Waals surface area (Å²) in [6, 6.07) is 1.75. The summed E-state index contributed by atoms with van der Waals surface area (Å²) in [5.41, 5.74) is 1.15. The van der Waals surface area contributed by atoms with Crippen molar-refractivity contribution in [1.82, 2.24) is 4.98 Å². The molecule has 0 saturated carbocycles. The van der Waals surface area contributed by atoms with E-state index in [-0.39, 0.29) is 11.2 Å². The van der Waals surface area contributed by atoms with Crippen LogP contribution >= 0.6 is 0 Å². The second-order valence-corrected chi connectivity index (χ2v) is 2.70. The Kier molecular flexibility index (Phi) is 2.83. The lowest BCUT2D eigenvalue weighted by molar-refractivity contribution is 0.185. The molecule has 1 aromatic rings. The van der Waals surface area contributed by atoms with Gasteiger partial charge in [-0.3, -0.25) is 4.79 Å². The van der Waals surface area contributed by atoms with Crippen LogP contribution in [0.25, 0.3) is 4.85 Å². The van der Waals surface area contributed by atoms with Crippen LogP contribution in [0, 0.1) is 13.5 Å². The molecule has 1 N–H and O–H groups in total. The number of rotatable bonds is 2. The minimum atomic E-state index is -0.345. The Labute approximate surface area is 76.0 Å². The van der Waals surface area contributed by atoms with E-state index in [1.54, 1.807) is 13.0 Å². The van der Waals surface area contributed by atoms with Crippen LogP contribution in [-0.2, 0) is 11.3 Å². The molecule has 4 heteroatoms. The van der Waals surface area contributed by atoms with Crippen LogP contribution in [0.5, 0.6) is 0 Å². The molecule has 13 heavy (non-hydrogen) atoms. The van der Waals surface area contributed by atoms with Crippen LogP contribution in [-0.4, -0.2) is 12.1 Å². The summed E-state index contributed by atoms with van der Waals surface area (Å²) in [4.78, 5) is 17.0. The van der Waals surface area contributed by atoms with Gasteiger partial charge in [0.15, 0.2) is 0 Å². The SMILES string of the molecule is [C-]#[N+]c1c(COC)cc(C)[nH]c1=O. The Hall–Kier alpha value is -1.60. The van der Waals surface area contributed by atoms with Gasteiger partial charge in [-0.25, -0.2) is 4.85 Å². The lowest BCUT2D eigenvalue weighted by atomic mass is 10.2. The van der Waals surface area contributed by atoms with Gasteiger partial charge in [-0.05, 0) is 18.6 Å². The van der Waals surface area contributed by atoms with Gasteiger partial charge in [0.2, 0.25) is 0 Å². The maximum Gasteiger partial charge on any atom is 0.255 e. The number of nitrogens with one attached hydrogen (secondary N) is 1. The smallest absolute Gasteiger partial charge is 0.255 e. The third-order valence-corrected chi connectivity index (χ3v) is 1.63. The van der Waals surface area contributed by atoms with E-state index in [4.69, 9.17) is 11.3 Å². The van der Waals surface area contributed by atoms with E-state index in [0.29, 0.717) is 12.2 Å². The van der Waals surface area contributed by atoms with Gasteiger partial charge < -0.3 is 9.72 Å². The van der Waals surface area contributed by atoms with E-state index in [9.17, 15) is 4.79 Å². The monoisotopic (exact) mass is 178 g/mol. The molecule has 0 aliphatic carbocycles. The molecule has 0 spiro atoms. The van der Waals surface area contributed by atoms with Gasteiger partial charge in [0.1, 0.15) is 0 Å². The summed E-state index contributed by atoms with van der Waals surface area (Å²) >= 11 is 0. The van der Waals surface area contributed by atoms with Gasteiger partial charge in [-0.1, -0.05) is 0 Å². The first-order valence-electron chi connectivity index (χ1n) is 3.78. The number of aromatic nitrogens is 1. The van der Waals surface area contributed by atoms with Crippen LogP contribution in [0.4, 0.5) is 5.69 Å². The first-order valence-corrected chi connectivity index (χ1v) is 3.78. The highest BCUT2D eigenvalue weighted by Gasteiger charge is 2.07. The molecule has 4 nitrogen and oxygen atoms in total. The standard InChI is InChI=1S/C9H10N2O2/c1-6-4-7(5-13-3)8(10-2)9(12)11-6/h4H,5H2,1,3H3,(H,11,12). The Balaban J connectivity index is 3.32. The second kappa shape index (κ2) is 3.87. The highest BCUT2D eigenvalue weighted by molar-refractivity contribution is 5.50. The lowest BCUT2D eigenvalue weighted by Crippen LogP contribution is -2.09. The number of hydrogen-bond acceptors (Lipinski definition) is 2. The number of methoxy groups -OCH3 is 1. The maximum absolute atomic E-state index is 11.2. The van der Waals surface area contributed by atoms with Crippen molar-refractivity contribution in [3.8, 4) is 0 Å². The van der Waals surface area contributed by atoms with Gasteiger partial charge in [0.05, 0.1) is 13.2 Å². The molecule has 1 aromatic heterocycles. The molecule has 0 aliphatic heterocycles. The molecule has 0 fully saturated rings. The van der Waals surface area contributed by atoms with Crippen molar-refractivity contribution in [2.45, 2.75) is 13.5 Å². The number of H-pyrrole nitrogens is 1. The van der Waals surface area contributed by atoms with Crippen LogP contribution in [0.3, 0.4) is 0 Å². The molecular weight excluding hydrogens is 168 g/mol. The van der Waals surface area contributed by atoms with Gasteiger partial charge in [-0.2, -0.15) is 0 Å². The van der Waals surface area contributed by atoms with E-state index < -0.39 is 0 Å². The van der Waals surface area contributed by atoms with Crippen LogP contribution in [0.15, 0.2) is 10.9 Å². The van der Waals surface area contributed by atoms with Crippen molar-refractivity contribution in [2.24, 2.45) is 0 Å².